The summed E-state index contributed by atoms with van der Waals surface area (Å²) in [5, 5.41) is 10.0. The molecule has 0 saturated carbocycles. The molecule has 0 aromatic carbocycles. The summed E-state index contributed by atoms with van der Waals surface area (Å²) in [5.74, 6) is -0.0556. The highest BCUT2D eigenvalue weighted by molar-refractivity contribution is 7.11. The van der Waals surface area contributed by atoms with Gasteiger partial charge in [0.25, 0.3) is 0 Å². The Hall–Kier alpha value is -0.540. The van der Waals surface area contributed by atoms with Crippen molar-refractivity contribution < 1.29 is 9.90 Å². The first-order valence-corrected chi connectivity index (χ1v) is 4.96. The van der Waals surface area contributed by atoms with Gasteiger partial charge in [-0.3, -0.25) is 0 Å². The van der Waals surface area contributed by atoms with E-state index in [2.05, 4.69) is 0 Å². The quantitative estimate of drug-likeness (QED) is 0.756. The summed E-state index contributed by atoms with van der Waals surface area (Å²) >= 11 is 6.42. The van der Waals surface area contributed by atoms with Crippen LogP contribution in [0.2, 0.25) is 0 Å². The minimum Gasteiger partial charge on any atom is -0.477 e. The lowest BCUT2D eigenvalue weighted by atomic mass is 10.5. The molecule has 12 heavy (non-hydrogen) atoms. The number of carbonyl (C=O) groups is 1. The lowest BCUT2D eigenvalue weighted by Crippen LogP contribution is -1.89. The van der Waals surface area contributed by atoms with E-state index in [1.54, 1.807) is 17.5 Å². The van der Waals surface area contributed by atoms with Gasteiger partial charge in [-0.15, -0.1) is 22.9 Å². The smallest absolute Gasteiger partial charge is 0.345 e. The molecule has 0 aliphatic heterocycles. The summed E-state index contributed by atoms with van der Waals surface area (Å²) in [6, 6.07) is 3.29. The average Bonchev–Trinajstić information content (AvgIpc) is 2.57. The second kappa shape index (κ2) is 7.13. The predicted octanol–water partition coefficient (Wildman–Crippen LogP) is 3.08. The highest BCUT2D eigenvalue weighted by atomic mass is 35.5. The monoisotopic (exact) mass is 206 g/mol. The zero-order valence-corrected chi connectivity index (χ0v) is 8.36. The molecule has 0 radical (unpaired) electrons. The van der Waals surface area contributed by atoms with Crippen LogP contribution in [0.3, 0.4) is 0 Å². The van der Waals surface area contributed by atoms with E-state index in [0.29, 0.717) is 4.88 Å². The molecule has 4 heteroatoms. The third kappa shape index (κ3) is 5.16. The van der Waals surface area contributed by atoms with Gasteiger partial charge in [0.2, 0.25) is 0 Å². The molecule has 0 spiro atoms. The molecule has 1 rings (SSSR count). The summed E-state index contributed by atoms with van der Waals surface area (Å²) in [7, 11) is 0. The van der Waals surface area contributed by atoms with Crippen LogP contribution >= 0.6 is 22.9 Å². The van der Waals surface area contributed by atoms with Crippen molar-refractivity contribution in [3.05, 3.63) is 22.4 Å². The summed E-state index contributed by atoms with van der Waals surface area (Å²) in [4.78, 5) is 10.5. The van der Waals surface area contributed by atoms with Crippen molar-refractivity contribution in [1.29, 1.82) is 0 Å². The van der Waals surface area contributed by atoms with E-state index in [1.165, 1.54) is 11.3 Å². The molecule has 1 aromatic rings. The summed E-state index contributed by atoms with van der Waals surface area (Å²) in [6.07, 6.45) is 1.08. The number of alkyl halides is 1. The lowest BCUT2D eigenvalue weighted by molar-refractivity contribution is 0.0702. The Morgan fingerprint density at radius 3 is 2.50 bits per heavy atom. The first-order chi connectivity index (χ1) is 5.72. The van der Waals surface area contributed by atoms with Crippen LogP contribution in [0, 0.1) is 0 Å². The Morgan fingerprint density at radius 2 is 2.33 bits per heavy atom. The zero-order chi connectivity index (χ0) is 9.40. The molecule has 1 aromatic heterocycles. The summed E-state index contributed by atoms with van der Waals surface area (Å²) in [6.45, 7) is 2.05. The maximum Gasteiger partial charge on any atom is 0.345 e. The molecule has 0 fully saturated rings. The number of carboxylic acid groups (broad SMARTS) is 1. The minimum atomic E-state index is -0.847. The Morgan fingerprint density at radius 1 is 1.75 bits per heavy atom. The molecule has 0 aliphatic carbocycles. The Labute approximate surface area is 80.8 Å². The second-order valence-corrected chi connectivity index (χ2v) is 3.30. The van der Waals surface area contributed by atoms with E-state index in [-0.39, 0.29) is 0 Å². The standard InChI is InChI=1S/C5H4O2S.C3H7Cl/c6-5(7)4-2-1-3-8-4;1-2-3-4/h1-3H,(H,6,7);2-3H2,1H3. The van der Waals surface area contributed by atoms with E-state index in [9.17, 15) is 4.79 Å². The number of hydrogen-bond donors (Lipinski definition) is 1. The number of halogens is 1. The van der Waals surface area contributed by atoms with Gasteiger partial charge < -0.3 is 5.11 Å². The fourth-order valence-electron chi connectivity index (χ4n) is 0.400. The Kier molecular flexibility index (Phi) is 6.81. The highest BCUT2D eigenvalue weighted by Gasteiger charge is 1.99. The van der Waals surface area contributed by atoms with Crippen molar-refractivity contribution in [3.63, 3.8) is 0 Å². The topological polar surface area (TPSA) is 37.3 Å². The molecule has 0 unspecified atom stereocenters. The maximum atomic E-state index is 10.1. The normalized spacial score (nSPS) is 8.50. The molecule has 1 heterocycles. The van der Waals surface area contributed by atoms with Crippen LogP contribution in [0.5, 0.6) is 0 Å². The summed E-state index contributed by atoms with van der Waals surface area (Å²) in [5.41, 5.74) is 0. The van der Waals surface area contributed by atoms with Gasteiger partial charge in [-0.2, -0.15) is 0 Å². The fourth-order valence-corrected chi connectivity index (χ4v) is 0.962. The molecule has 68 valence electrons. The van der Waals surface area contributed by atoms with Gasteiger partial charge in [0.15, 0.2) is 0 Å². The largest absolute Gasteiger partial charge is 0.477 e. The first kappa shape index (κ1) is 11.5. The van der Waals surface area contributed by atoms with Gasteiger partial charge in [-0.25, -0.2) is 4.79 Å². The van der Waals surface area contributed by atoms with Crippen molar-refractivity contribution in [1.82, 2.24) is 0 Å². The van der Waals surface area contributed by atoms with Crippen LogP contribution < -0.4 is 0 Å². The lowest BCUT2D eigenvalue weighted by Gasteiger charge is -1.78. The van der Waals surface area contributed by atoms with E-state index in [4.69, 9.17) is 16.7 Å². The Balaban J connectivity index is 0.000000261. The Bertz CT molecular complexity index is 207. The van der Waals surface area contributed by atoms with E-state index in [1.807, 2.05) is 6.92 Å². The van der Waals surface area contributed by atoms with E-state index in [0.717, 1.165) is 12.3 Å². The molecule has 0 amide bonds. The van der Waals surface area contributed by atoms with Gasteiger partial charge in [0.05, 0.1) is 0 Å². The van der Waals surface area contributed by atoms with Crippen molar-refractivity contribution >= 4 is 28.9 Å². The van der Waals surface area contributed by atoms with Crippen LogP contribution in [0.25, 0.3) is 0 Å². The molecule has 0 bridgehead atoms. The second-order valence-electron chi connectivity index (χ2n) is 1.97. The van der Waals surface area contributed by atoms with Gasteiger partial charge in [0, 0.05) is 5.88 Å². The van der Waals surface area contributed by atoms with Crippen LogP contribution in [-0.4, -0.2) is 17.0 Å². The van der Waals surface area contributed by atoms with Gasteiger partial charge in [-0.1, -0.05) is 13.0 Å². The van der Waals surface area contributed by atoms with Crippen molar-refractivity contribution in [3.8, 4) is 0 Å². The van der Waals surface area contributed by atoms with E-state index < -0.39 is 5.97 Å². The highest BCUT2D eigenvalue weighted by Crippen LogP contribution is 2.06. The molecular weight excluding hydrogens is 196 g/mol. The third-order valence-corrected chi connectivity index (χ3v) is 2.16. The number of thiophene rings is 1. The number of rotatable bonds is 2. The maximum absolute atomic E-state index is 10.1. The van der Waals surface area contributed by atoms with Crippen molar-refractivity contribution in [2.24, 2.45) is 0 Å². The van der Waals surface area contributed by atoms with Crippen LogP contribution in [0.1, 0.15) is 23.0 Å². The van der Waals surface area contributed by atoms with Crippen molar-refractivity contribution in [2.45, 2.75) is 13.3 Å². The van der Waals surface area contributed by atoms with Crippen LogP contribution in [0.15, 0.2) is 17.5 Å². The fraction of sp³-hybridized carbons (Fsp3) is 0.375. The van der Waals surface area contributed by atoms with E-state index >= 15 is 0 Å². The van der Waals surface area contributed by atoms with Gasteiger partial charge >= 0.3 is 5.97 Å². The molecule has 0 aliphatic rings. The first-order valence-electron chi connectivity index (χ1n) is 3.55. The predicted molar refractivity (Wildman–Crippen MR) is 52.3 cm³/mol. The third-order valence-electron chi connectivity index (χ3n) is 0.921. The van der Waals surface area contributed by atoms with Crippen molar-refractivity contribution in [2.75, 3.05) is 5.88 Å². The molecular formula is C8H11ClO2S. The molecule has 0 atom stereocenters. The summed E-state index contributed by atoms with van der Waals surface area (Å²) < 4.78 is 0. The molecule has 1 N–H and O–H groups in total. The zero-order valence-electron chi connectivity index (χ0n) is 6.79. The number of aromatic carboxylic acids is 1. The molecule has 2 nitrogen and oxygen atoms in total. The van der Waals surface area contributed by atoms with Crippen LogP contribution in [-0.2, 0) is 0 Å². The molecule has 0 saturated heterocycles. The average molecular weight is 207 g/mol. The minimum absolute atomic E-state index is 0.394. The SMILES string of the molecule is CCCCl.O=C(O)c1cccs1. The van der Waals surface area contributed by atoms with Gasteiger partial charge in [-0.05, 0) is 17.9 Å². The number of carboxylic acids is 1. The van der Waals surface area contributed by atoms with Crippen LogP contribution in [0.4, 0.5) is 0 Å². The van der Waals surface area contributed by atoms with Gasteiger partial charge in [0.1, 0.15) is 4.88 Å². The number of hydrogen-bond acceptors (Lipinski definition) is 2.